The molecule has 3 aromatic rings. The summed E-state index contributed by atoms with van der Waals surface area (Å²) in [7, 11) is 0. The molecule has 1 aromatic carbocycles. The van der Waals surface area contributed by atoms with Crippen molar-refractivity contribution in [3.8, 4) is 0 Å². The Morgan fingerprint density at radius 2 is 2.21 bits per heavy atom. The van der Waals surface area contributed by atoms with Gasteiger partial charge in [0, 0.05) is 11.5 Å². The lowest BCUT2D eigenvalue weighted by Gasteiger charge is -2.09. The van der Waals surface area contributed by atoms with E-state index in [9.17, 15) is 9.35 Å². The second-order valence-corrected chi connectivity index (χ2v) is 6.18. The molecule has 0 aliphatic heterocycles. The van der Waals surface area contributed by atoms with Crippen molar-refractivity contribution < 1.29 is 13.8 Å². The summed E-state index contributed by atoms with van der Waals surface area (Å²) in [5.41, 5.74) is 1.15. The summed E-state index contributed by atoms with van der Waals surface area (Å²) in [6, 6.07) is 10.7. The fourth-order valence-corrected chi connectivity index (χ4v) is 3.49. The number of rotatable bonds is 4. The van der Waals surface area contributed by atoms with Gasteiger partial charge >= 0.3 is 0 Å². The molecule has 0 amide bonds. The number of carbonyl (C=O) groups is 1. The van der Waals surface area contributed by atoms with E-state index in [0.29, 0.717) is 17.6 Å². The molecule has 0 radical (unpaired) electrons. The number of anilines is 1. The maximum Gasteiger partial charge on any atom is 0.233 e. The summed E-state index contributed by atoms with van der Waals surface area (Å²) >= 11 is 0.0841. The molecular weight excluding hydrogens is 282 g/mol. The third kappa shape index (κ3) is 2.37. The Labute approximate surface area is 116 Å². The van der Waals surface area contributed by atoms with Gasteiger partial charge in [-0.2, -0.15) is 4.72 Å². The zero-order chi connectivity index (χ0) is 13.2. The van der Waals surface area contributed by atoms with Crippen molar-refractivity contribution in [3.63, 3.8) is 0 Å². The lowest BCUT2D eigenvalue weighted by molar-refractivity contribution is 0.110. The third-order valence-electron chi connectivity index (χ3n) is 2.56. The van der Waals surface area contributed by atoms with Gasteiger partial charge in [-0.3, -0.25) is 4.79 Å². The Morgan fingerprint density at radius 3 is 2.95 bits per heavy atom. The number of carbonyl (C=O) groups excluding carboxylic acids is 1. The number of hydrogen-bond donors (Lipinski definition) is 1. The molecule has 0 fully saturated rings. The van der Waals surface area contributed by atoms with Crippen molar-refractivity contribution in [2.75, 3.05) is 4.72 Å². The van der Waals surface area contributed by atoms with Crippen molar-refractivity contribution in [2.45, 2.75) is 4.21 Å². The van der Waals surface area contributed by atoms with Crippen LogP contribution in [0.3, 0.4) is 0 Å². The summed E-state index contributed by atoms with van der Waals surface area (Å²) in [5.74, 6) is 0.256. The van der Waals surface area contributed by atoms with Crippen molar-refractivity contribution in [1.29, 1.82) is 0 Å². The standard InChI is InChI=1S/C13H9NO3S2/c15-8-10-7-9-3-1-4-11(13(9)17-10)14-19(16)12-5-2-6-18-12/h1-8,14H. The molecule has 1 unspecified atom stereocenters. The van der Waals surface area contributed by atoms with Gasteiger partial charge in [-0.15, -0.1) is 0 Å². The minimum Gasteiger partial charge on any atom is -0.587 e. The molecular formula is C13H9NO3S2. The molecule has 2 heterocycles. The lowest BCUT2D eigenvalue weighted by atomic mass is 10.2. The highest BCUT2D eigenvalue weighted by Gasteiger charge is 2.16. The smallest absolute Gasteiger partial charge is 0.233 e. The van der Waals surface area contributed by atoms with Crippen LogP contribution in [-0.4, -0.2) is 10.8 Å². The first-order chi connectivity index (χ1) is 9.28. The Hall–Kier alpha value is -1.76. The summed E-state index contributed by atoms with van der Waals surface area (Å²) in [4.78, 5) is 10.7. The van der Waals surface area contributed by atoms with Crippen molar-refractivity contribution in [1.82, 2.24) is 0 Å². The van der Waals surface area contributed by atoms with Gasteiger partial charge in [-0.1, -0.05) is 23.5 Å². The first-order valence-corrected chi connectivity index (χ1v) is 7.50. The van der Waals surface area contributed by atoms with Crippen molar-refractivity contribution in [2.24, 2.45) is 0 Å². The predicted molar refractivity (Wildman–Crippen MR) is 76.0 cm³/mol. The van der Waals surface area contributed by atoms with Crippen LogP contribution in [-0.2, 0) is 11.4 Å². The maximum atomic E-state index is 12.1. The van der Waals surface area contributed by atoms with E-state index in [0.717, 1.165) is 9.60 Å². The van der Waals surface area contributed by atoms with Gasteiger partial charge in [-0.25, -0.2) is 0 Å². The summed E-state index contributed by atoms with van der Waals surface area (Å²) in [6.45, 7) is 0. The van der Waals surface area contributed by atoms with Gasteiger partial charge in [0.1, 0.15) is 17.0 Å². The highest BCUT2D eigenvalue weighted by Crippen LogP contribution is 2.29. The van der Waals surface area contributed by atoms with Gasteiger partial charge in [0.25, 0.3) is 0 Å². The second-order valence-electron chi connectivity index (χ2n) is 3.79. The molecule has 1 N–H and O–H groups in total. The topological polar surface area (TPSA) is 65.3 Å². The van der Waals surface area contributed by atoms with Crippen molar-refractivity contribution >= 4 is 45.6 Å². The number of thiophene rings is 1. The summed E-state index contributed by atoms with van der Waals surface area (Å²) in [6.07, 6.45) is 0.653. The molecule has 1 atom stereocenters. The van der Waals surface area contributed by atoms with Crippen LogP contribution in [0.1, 0.15) is 10.6 Å². The van der Waals surface area contributed by atoms with Crippen LogP contribution >= 0.6 is 11.3 Å². The molecule has 0 aliphatic rings. The quantitative estimate of drug-likeness (QED) is 0.590. The van der Waals surface area contributed by atoms with Crippen LogP contribution in [0.15, 0.2) is 50.4 Å². The minimum atomic E-state index is -1.33. The van der Waals surface area contributed by atoms with E-state index in [1.807, 2.05) is 23.6 Å². The van der Waals surface area contributed by atoms with Gasteiger partial charge in [0.2, 0.25) is 4.21 Å². The van der Waals surface area contributed by atoms with E-state index in [1.54, 1.807) is 18.2 Å². The second kappa shape index (κ2) is 5.08. The molecule has 6 heteroatoms. The number of furan rings is 1. The highest BCUT2D eigenvalue weighted by molar-refractivity contribution is 7.94. The van der Waals surface area contributed by atoms with Gasteiger partial charge in [0.05, 0.1) is 0 Å². The van der Waals surface area contributed by atoms with Gasteiger partial charge in [-0.05, 0) is 23.6 Å². The van der Waals surface area contributed by atoms with Crippen LogP contribution in [0.25, 0.3) is 11.0 Å². The fourth-order valence-electron chi connectivity index (χ4n) is 1.74. The average Bonchev–Trinajstić information content (AvgIpc) is 3.08. The molecule has 0 aliphatic carbocycles. The first-order valence-electron chi connectivity index (χ1n) is 5.47. The largest absolute Gasteiger partial charge is 0.587 e. The number of nitrogens with one attached hydrogen (secondary N) is 1. The minimum absolute atomic E-state index is 0.256. The monoisotopic (exact) mass is 291 g/mol. The zero-order valence-electron chi connectivity index (χ0n) is 9.66. The number of benzene rings is 1. The third-order valence-corrected chi connectivity index (χ3v) is 4.87. The molecule has 19 heavy (non-hydrogen) atoms. The zero-order valence-corrected chi connectivity index (χ0v) is 11.3. The first kappa shape index (κ1) is 12.3. The normalized spacial score (nSPS) is 12.5. The number of fused-ring (bicyclic) bond motifs is 1. The number of aldehydes is 1. The van der Waals surface area contributed by atoms with E-state index in [1.165, 1.54) is 11.3 Å². The van der Waals surface area contributed by atoms with E-state index < -0.39 is 11.4 Å². The average molecular weight is 291 g/mol. The van der Waals surface area contributed by atoms with Crippen LogP contribution in [0, 0.1) is 0 Å². The maximum absolute atomic E-state index is 12.1. The van der Waals surface area contributed by atoms with Crippen LogP contribution < -0.4 is 4.72 Å². The van der Waals surface area contributed by atoms with Crippen LogP contribution in [0.4, 0.5) is 5.69 Å². The molecule has 3 rings (SSSR count). The summed E-state index contributed by atoms with van der Waals surface area (Å²) in [5, 5.41) is 2.67. The molecule has 0 saturated carbocycles. The SMILES string of the molecule is O=Cc1cc2cccc(N[S+]([O-])c3cccs3)c2o1. The Kier molecular flexibility index (Phi) is 3.29. The molecule has 2 aromatic heterocycles. The van der Waals surface area contributed by atoms with Crippen LogP contribution in [0.2, 0.25) is 0 Å². The van der Waals surface area contributed by atoms with Gasteiger partial charge in [0.15, 0.2) is 17.6 Å². The summed E-state index contributed by atoms with van der Waals surface area (Å²) < 4.78 is 21.1. The van der Waals surface area contributed by atoms with E-state index in [-0.39, 0.29) is 5.76 Å². The Bertz CT molecular complexity index is 706. The number of para-hydroxylation sites is 1. The van der Waals surface area contributed by atoms with Gasteiger partial charge < -0.3 is 8.97 Å². The van der Waals surface area contributed by atoms with E-state index >= 15 is 0 Å². The van der Waals surface area contributed by atoms with E-state index in [2.05, 4.69) is 4.72 Å². The molecule has 0 saturated heterocycles. The van der Waals surface area contributed by atoms with Crippen LogP contribution in [0.5, 0.6) is 0 Å². The lowest BCUT2D eigenvalue weighted by Crippen LogP contribution is -2.11. The Balaban J connectivity index is 1.96. The fraction of sp³-hybridized carbons (Fsp3) is 0. The molecule has 0 spiro atoms. The van der Waals surface area contributed by atoms with Crippen molar-refractivity contribution in [3.05, 3.63) is 47.5 Å². The van der Waals surface area contributed by atoms with E-state index in [4.69, 9.17) is 4.42 Å². The molecule has 96 valence electrons. The Morgan fingerprint density at radius 1 is 1.32 bits per heavy atom. The predicted octanol–water partition coefficient (Wildman–Crippen LogP) is 3.44. The highest BCUT2D eigenvalue weighted by atomic mass is 32.2. The number of hydrogen-bond acceptors (Lipinski definition) is 5. The molecule has 4 nitrogen and oxygen atoms in total. The molecule has 0 bridgehead atoms.